The van der Waals surface area contributed by atoms with Gasteiger partial charge in [0.15, 0.2) is 0 Å². The van der Waals surface area contributed by atoms with Gasteiger partial charge in [0.2, 0.25) is 5.91 Å². The number of rotatable bonds is 2. The Labute approximate surface area is 128 Å². The molecule has 2 fully saturated rings. The number of amides is 3. The number of hydrogen-bond acceptors (Lipinski definition) is 4. The number of carboxylic acid groups (broad SMARTS) is 1. The maximum absolute atomic E-state index is 12.6. The predicted molar refractivity (Wildman–Crippen MR) is 79.0 cm³/mol. The molecule has 118 valence electrons. The minimum absolute atomic E-state index is 0.0990. The predicted octanol–water partition coefficient (Wildman–Crippen LogP) is 0.366. The lowest BCUT2D eigenvalue weighted by atomic mass is 9.96. The van der Waals surface area contributed by atoms with Gasteiger partial charge in [-0.05, 0) is 12.8 Å². The van der Waals surface area contributed by atoms with Gasteiger partial charge in [-0.1, -0.05) is 0 Å². The number of carbonyl (C=O) groups excluding carboxylic acids is 2. The third-order valence-corrected chi connectivity index (χ3v) is 4.89. The summed E-state index contributed by atoms with van der Waals surface area (Å²) in [5.74, 6) is -0.514. The molecule has 0 bridgehead atoms. The average Bonchev–Trinajstić information content (AvgIpc) is 2.95. The van der Waals surface area contributed by atoms with Crippen LogP contribution in [-0.2, 0) is 9.59 Å². The number of carbonyl (C=O) groups is 3. The standard InChI is InChI=1S/C13H21N3O4S/c1-14(2)13(20)15-5-3-4-9(6-15)11(17)16-8-21-7-10(16)12(18)19/h9-10H,3-8H2,1-2H3,(H,18,19). The molecule has 7 nitrogen and oxygen atoms in total. The first-order valence-corrected chi connectivity index (χ1v) is 8.14. The monoisotopic (exact) mass is 315 g/mol. The Kier molecular flexibility index (Phi) is 4.97. The molecule has 0 spiro atoms. The lowest BCUT2D eigenvalue weighted by molar-refractivity contribution is -0.150. The van der Waals surface area contributed by atoms with E-state index in [0.29, 0.717) is 31.1 Å². The zero-order chi connectivity index (χ0) is 15.6. The Bertz CT molecular complexity index is 443. The van der Waals surface area contributed by atoms with E-state index in [4.69, 9.17) is 5.11 Å². The van der Waals surface area contributed by atoms with Gasteiger partial charge < -0.3 is 19.8 Å². The van der Waals surface area contributed by atoms with Crippen LogP contribution in [0.15, 0.2) is 0 Å². The molecule has 21 heavy (non-hydrogen) atoms. The Hall–Kier alpha value is -1.44. The molecular weight excluding hydrogens is 294 g/mol. The second-order valence-electron chi connectivity index (χ2n) is 5.62. The molecule has 0 aromatic rings. The van der Waals surface area contributed by atoms with E-state index < -0.39 is 12.0 Å². The van der Waals surface area contributed by atoms with Crippen LogP contribution >= 0.6 is 11.8 Å². The largest absolute Gasteiger partial charge is 0.480 e. The van der Waals surface area contributed by atoms with E-state index in [-0.39, 0.29) is 17.9 Å². The second-order valence-corrected chi connectivity index (χ2v) is 6.62. The van der Waals surface area contributed by atoms with E-state index in [1.807, 2.05) is 0 Å². The van der Waals surface area contributed by atoms with E-state index in [2.05, 4.69) is 0 Å². The number of thioether (sulfide) groups is 1. The molecule has 2 heterocycles. The van der Waals surface area contributed by atoms with Crippen LogP contribution in [0.1, 0.15) is 12.8 Å². The number of likely N-dealkylation sites (tertiary alicyclic amines) is 1. The summed E-state index contributed by atoms with van der Waals surface area (Å²) in [4.78, 5) is 40.3. The minimum Gasteiger partial charge on any atom is -0.480 e. The maximum atomic E-state index is 12.6. The van der Waals surface area contributed by atoms with Crippen molar-refractivity contribution in [3.05, 3.63) is 0 Å². The lowest BCUT2D eigenvalue weighted by Gasteiger charge is -2.35. The summed E-state index contributed by atoms with van der Waals surface area (Å²) in [6.07, 6.45) is 1.48. The highest BCUT2D eigenvalue weighted by Gasteiger charge is 2.39. The smallest absolute Gasteiger partial charge is 0.327 e. The number of carboxylic acids is 1. The number of nitrogens with zero attached hydrogens (tertiary/aromatic N) is 3. The molecule has 0 aromatic carbocycles. The van der Waals surface area contributed by atoms with E-state index in [9.17, 15) is 14.4 Å². The first-order valence-electron chi connectivity index (χ1n) is 6.99. The lowest BCUT2D eigenvalue weighted by Crippen LogP contribution is -2.51. The average molecular weight is 315 g/mol. The minimum atomic E-state index is -0.953. The fraction of sp³-hybridized carbons (Fsp3) is 0.769. The Balaban J connectivity index is 2.02. The molecule has 0 saturated carbocycles. The van der Waals surface area contributed by atoms with Crippen molar-refractivity contribution in [2.45, 2.75) is 18.9 Å². The second kappa shape index (κ2) is 6.55. The summed E-state index contributed by atoms with van der Waals surface area (Å²) < 4.78 is 0. The van der Waals surface area contributed by atoms with Crippen molar-refractivity contribution in [2.24, 2.45) is 5.92 Å². The topological polar surface area (TPSA) is 81.2 Å². The van der Waals surface area contributed by atoms with E-state index in [0.717, 1.165) is 6.42 Å². The van der Waals surface area contributed by atoms with Crippen molar-refractivity contribution in [1.82, 2.24) is 14.7 Å². The highest BCUT2D eigenvalue weighted by Crippen LogP contribution is 2.26. The number of urea groups is 1. The van der Waals surface area contributed by atoms with Gasteiger partial charge in [-0.15, -0.1) is 11.8 Å². The van der Waals surface area contributed by atoms with Crippen LogP contribution in [0, 0.1) is 5.92 Å². The summed E-state index contributed by atoms with van der Waals surface area (Å²) in [5, 5.41) is 9.17. The van der Waals surface area contributed by atoms with Gasteiger partial charge in [-0.2, -0.15) is 0 Å². The Morgan fingerprint density at radius 3 is 2.62 bits per heavy atom. The van der Waals surface area contributed by atoms with Crippen LogP contribution in [0.25, 0.3) is 0 Å². The summed E-state index contributed by atoms with van der Waals surface area (Å²) in [7, 11) is 3.37. The molecule has 2 unspecified atom stereocenters. The van der Waals surface area contributed by atoms with Crippen molar-refractivity contribution < 1.29 is 19.5 Å². The molecule has 8 heteroatoms. The number of hydrogen-bond donors (Lipinski definition) is 1. The first-order chi connectivity index (χ1) is 9.91. The van der Waals surface area contributed by atoms with Gasteiger partial charge in [0, 0.05) is 32.9 Å². The van der Waals surface area contributed by atoms with Gasteiger partial charge in [-0.25, -0.2) is 9.59 Å². The number of aliphatic carboxylic acids is 1. The summed E-state index contributed by atoms with van der Waals surface area (Å²) in [5.41, 5.74) is 0. The van der Waals surface area contributed by atoms with Crippen molar-refractivity contribution in [3.63, 3.8) is 0 Å². The molecule has 2 saturated heterocycles. The van der Waals surface area contributed by atoms with Gasteiger partial charge >= 0.3 is 12.0 Å². The SMILES string of the molecule is CN(C)C(=O)N1CCCC(C(=O)N2CSCC2C(=O)O)C1. The van der Waals surface area contributed by atoms with Crippen LogP contribution in [0.4, 0.5) is 4.79 Å². The molecule has 2 aliphatic rings. The van der Waals surface area contributed by atoms with Crippen LogP contribution in [-0.4, -0.2) is 82.6 Å². The van der Waals surface area contributed by atoms with Gasteiger partial charge in [0.05, 0.1) is 11.8 Å². The molecule has 2 rings (SSSR count). The van der Waals surface area contributed by atoms with Crippen LogP contribution in [0.5, 0.6) is 0 Å². The third kappa shape index (κ3) is 3.42. The summed E-state index contributed by atoms with van der Waals surface area (Å²) in [6, 6.07) is -0.833. The summed E-state index contributed by atoms with van der Waals surface area (Å²) in [6.45, 7) is 1.03. The molecule has 0 aliphatic carbocycles. The molecular formula is C13H21N3O4S. The highest BCUT2D eigenvalue weighted by molar-refractivity contribution is 7.99. The van der Waals surface area contributed by atoms with E-state index in [1.54, 1.807) is 19.0 Å². The van der Waals surface area contributed by atoms with Crippen LogP contribution < -0.4 is 0 Å². The summed E-state index contributed by atoms with van der Waals surface area (Å²) >= 11 is 1.46. The van der Waals surface area contributed by atoms with E-state index >= 15 is 0 Å². The van der Waals surface area contributed by atoms with Crippen molar-refractivity contribution in [1.29, 1.82) is 0 Å². The molecule has 3 amide bonds. The van der Waals surface area contributed by atoms with Crippen molar-refractivity contribution >= 4 is 29.7 Å². The molecule has 0 aromatic heterocycles. The third-order valence-electron chi connectivity index (χ3n) is 3.87. The van der Waals surface area contributed by atoms with Gasteiger partial charge in [0.1, 0.15) is 6.04 Å². The zero-order valence-electron chi connectivity index (χ0n) is 12.3. The zero-order valence-corrected chi connectivity index (χ0v) is 13.1. The van der Waals surface area contributed by atoms with Crippen LogP contribution in [0.2, 0.25) is 0 Å². The Morgan fingerprint density at radius 2 is 2.00 bits per heavy atom. The van der Waals surface area contributed by atoms with Crippen molar-refractivity contribution in [3.8, 4) is 0 Å². The van der Waals surface area contributed by atoms with Gasteiger partial charge in [-0.3, -0.25) is 4.79 Å². The molecule has 0 radical (unpaired) electrons. The highest BCUT2D eigenvalue weighted by atomic mass is 32.2. The fourth-order valence-corrected chi connectivity index (χ4v) is 3.89. The molecule has 1 N–H and O–H groups in total. The number of piperidine rings is 1. The maximum Gasteiger partial charge on any atom is 0.327 e. The molecule has 2 atom stereocenters. The molecule has 2 aliphatic heterocycles. The first kappa shape index (κ1) is 15.9. The van der Waals surface area contributed by atoms with Crippen LogP contribution in [0.3, 0.4) is 0 Å². The Morgan fingerprint density at radius 1 is 1.29 bits per heavy atom. The fourth-order valence-electron chi connectivity index (χ4n) is 2.73. The quantitative estimate of drug-likeness (QED) is 0.796. The van der Waals surface area contributed by atoms with E-state index in [1.165, 1.54) is 21.6 Å². The van der Waals surface area contributed by atoms with Gasteiger partial charge in [0.25, 0.3) is 0 Å². The van der Waals surface area contributed by atoms with Crippen molar-refractivity contribution in [2.75, 3.05) is 38.8 Å². The normalized spacial score (nSPS) is 25.8.